The molecule has 1 aliphatic heterocycles. The molecule has 30 heavy (non-hydrogen) atoms. The maximum absolute atomic E-state index is 12.5. The van der Waals surface area contributed by atoms with Crippen molar-refractivity contribution in [2.24, 2.45) is 4.99 Å². The first-order valence-electron chi connectivity index (χ1n) is 9.58. The summed E-state index contributed by atoms with van der Waals surface area (Å²) in [5.41, 5.74) is 1.25. The van der Waals surface area contributed by atoms with E-state index in [1.54, 1.807) is 29.7 Å². The van der Waals surface area contributed by atoms with Crippen LogP contribution in [0.25, 0.3) is 10.1 Å². The Morgan fingerprint density at radius 3 is 2.93 bits per heavy atom. The van der Waals surface area contributed by atoms with Gasteiger partial charge in [-0.2, -0.15) is 0 Å². The minimum Gasteiger partial charge on any atom is -0.386 e. The minimum atomic E-state index is -0.638. The van der Waals surface area contributed by atoms with Crippen LogP contribution in [0.15, 0.2) is 46.8 Å². The third-order valence-corrected chi connectivity index (χ3v) is 7.27. The van der Waals surface area contributed by atoms with Crippen LogP contribution in [0.4, 0.5) is 0 Å². The van der Waals surface area contributed by atoms with E-state index in [-0.39, 0.29) is 36.4 Å². The predicted octanol–water partition coefficient (Wildman–Crippen LogP) is 3.36. The van der Waals surface area contributed by atoms with E-state index in [0.29, 0.717) is 19.0 Å². The van der Waals surface area contributed by atoms with Gasteiger partial charge in [-0.05, 0) is 40.9 Å². The van der Waals surface area contributed by atoms with Crippen molar-refractivity contribution < 1.29 is 9.90 Å². The molecule has 0 aliphatic carbocycles. The highest BCUT2D eigenvalue weighted by molar-refractivity contribution is 14.0. The summed E-state index contributed by atoms with van der Waals surface area (Å²) in [4.78, 5) is 20.9. The fraction of sp³-hybridized carbons (Fsp3) is 0.333. The van der Waals surface area contributed by atoms with Crippen molar-refractivity contribution in [3.63, 3.8) is 0 Å². The summed E-state index contributed by atoms with van der Waals surface area (Å²) in [5, 5.41) is 19.9. The monoisotopic (exact) mass is 556 g/mol. The molecule has 6 nitrogen and oxygen atoms in total. The molecule has 1 atom stereocenters. The van der Waals surface area contributed by atoms with Gasteiger partial charge in [-0.1, -0.05) is 18.2 Å². The standard InChI is InChI=1S/C21H24N4O2S2.HI/c1-22-21(23-11-16(26)19-10-14-4-2-3-5-18(14)29-19)24-12-20(27)25-8-6-17-15(13-25)7-9-28-17;/h2-5,7,9-10,16,26H,6,8,11-13H2,1H3,(H2,22,23,24);1H. The Morgan fingerprint density at radius 2 is 2.13 bits per heavy atom. The number of thiophene rings is 2. The fourth-order valence-electron chi connectivity index (χ4n) is 3.41. The number of aliphatic imine (C=N–C) groups is 1. The number of hydrogen-bond donors (Lipinski definition) is 3. The molecular weight excluding hydrogens is 531 g/mol. The molecule has 1 unspecified atom stereocenters. The number of guanidine groups is 1. The van der Waals surface area contributed by atoms with Crippen LogP contribution in [0.1, 0.15) is 21.4 Å². The Morgan fingerprint density at radius 1 is 1.30 bits per heavy atom. The summed E-state index contributed by atoms with van der Waals surface area (Å²) in [7, 11) is 1.66. The van der Waals surface area contributed by atoms with Crippen molar-refractivity contribution in [2.75, 3.05) is 26.7 Å². The molecule has 1 amide bonds. The summed E-state index contributed by atoms with van der Waals surface area (Å²) in [5.74, 6) is 0.557. The molecule has 1 aliphatic rings. The van der Waals surface area contributed by atoms with E-state index in [2.05, 4.69) is 33.1 Å². The predicted molar refractivity (Wildman–Crippen MR) is 135 cm³/mol. The van der Waals surface area contributed by atoms with Crippen molar-refractivity contribution in [3.05, 3.63) is 57.1 Å². The van der Waals surface area contributed by atoms with Gasteiger partial charge < -0.3 is 20.6 Å². The molecule has 0 saturated carbocycles. The normalized spacial score (nSPS) is 14.7. The van der Waals surface area contributed by atoms with Crippen LogP contribution in [0.5, 0.6) is 0 Å². The first-order chi connectivity index (χ1) is 14.1. The number of fused-ring (bicyclic) bond motifs is 2. The summed E-state index contributed by atoms with van der Waals surface area (Å²) < 4.78 is 1.16. The first-order valence-corrected chi connectivity index (χ1v) is 11.3. The third kappa shape index (κ3) is 5.32. The molecule has 160 valence electrons. The number of hydrogen-bond acceptors (Lipinski definition) is 5. The number of benzene rings is 1. The van der Waals surface area contributed by atoms with Crippen LogP contribution < -0.4 is 10.6 Å². The van der Waals surface area contributed by atoms with Crippen LogP contribution in [-0.2, 0) is 17.8 Å². The number of nitrogens with one attached hydrogen (secondary N) is 2. The second-order valence-electron chi connectivity index (χ2n) is 6.94. The SMILES string of the molecule is CN=C(NCC(=O)N1CCc2sccc2C1)NCC(O)c1cc2ccccc2s1.I. The van der Waals surface area contributed by atoms with Gasteiger partial charge in [-0.25, -0.2) is 0 Å². The Kier molecular flexibility index (Phi) is 8.09. The summed E-state index contributed by atoms with van der Waals surface area (Å²) in [6, 6.07) is 12.2. The largest absolute Gasteiger partial charge is 0.386 e. The number of amides is 1. The van der Waals surface area contributed by atoms with Gasteiger partial charge in [0, 0.05) is 41.1 Å². The number of aliphatic hydroxyl groups excluding tert-OH is 1. The van der Waals surface area contributed by atoms with Gasteiger partial charge in [-0.15, -0.1) is 46.7 Å². The highest BCUT2D eigenvalue weighted by Gasteiger charge is 2.21. The van der Waals surface area contributed by atoms with Crippen molar-refractivity contribution in [3.8, 4) is 0 Å². The molecule has 0 radical (unpaired) electrons. The molecule has 2 aromatic heterocycles. The van der Waals surface area contributed by atoms with E-state index in [1.807, 2.05) is 29.2 Å². The lowest BCUT2D eigenvalue weighted by atomic mass is 10.1. The Bertz CT molecular complexity index is 1000. The second kappa shape index (κ2) is 10.6. The fourth-order valence-corrected chi connectivity index (χ4v) is 5.35. The summed E-state index contributed by atoms with van der Waals surface area (Å²) in [6.07, 6.45) is 0.285. The minimum absolute atomic E-state index is 0. The Hall–Kier alpha value is -1.69. The van der Waals surface area contributed by atoms with Crippen LogP contribution in [0.3, 0.4) is 0 Å². The molecule has 0 fully saturated rings. The zero-order valence-electron chi connectivity index (χ0n) is 16.6. The Labute approximate surface area is 201 Å². The van der Waals surface area contributed by atoms with E-state index >= 15 is 0 Å². The molecule has 0 bridgehead atoms. The van der Waals surface area contributed by atoms with Gasteiger partial charge in [0.2, 0.25) is 5.91 Å². The van der Waals surface area contributed by atoms with Crippen LogP contribution >= 0.6 is 46.7 Å². The van der Waals surface area contributed by atoms with Crippen LogP contribution in [-0.4, -0.2) is 48.6 Å². The average molecular weight is 556 g/mol. The number of halogens is 1. The molecule has 1 aromatic carbocycles. The molecule has 4 rings (SSSR count). The van der Waals surface area contributed by atoms with E-state index in [4.69, 9.17) is 0 Å². The van der Waals surface area contributed by atoms with E-state index in [1.165, 1.54) is 10.4 Å². The smallest absolute Gasteiger partial charge is 0.242 e. The summed E-state index contributed by atoms with van der Waals surface area (Å²) >= 11 is 3.35. The molecule has 0 spiro atoms. The third-order valence-electron chi connectivity index (χ3n) is 5.03. The molecule has 3 N–H and O–H groups in total. The first kappa shape index (κ1) is 23.0. The zero-order chi connectivity index (χ0) is 20.2. The van der Waals surface area contributed by atoms with Crippen molar-refractivity contribution >= 4 is 68.6 Å². The molecule has 0 saturated heterocycles. The van der Waals surface area contributed by atoms with E-state index < -0.39 is 6.10 Å². The maximum atomic E-state index is 12.5. The van der Waals surface area contributed by atoms with Crippen LogP contribution in [0.2, 0.25) is 0 Å². The molecular formula is C21H25IN4O2S2. The number of rotatable bonds is 5. The van der Waals surface area contributed by atoms with Gasteiger partial charge in [-0.3, -0.25) is 9.79 Å². The highest BCUT2D eigenvalue weighted by atomic mass is 127. The highest BCUT2D eigenvalue weighted by Crippen LogP contribution is 2.29. The van der Waals surface area contributed by atoms with Crippen molar-refractivity contribution in [1.82, 2.24) is 15.5 Å². The number of aliphatic hydroxyl groups is 1. The van der Waals surface area contributed by atoms with Gasteiger partial charge in [0.1, 0.15) is 6.10 Å². The average Bonchev–Trinajstić information content (AvgIpc) is 3.39. The van der Waals surface area contributed by atoms with Crippen molar-refractivity contribution in [1.29, 1.82) is 0 Å². The second-order valence-corrected chi connectivity index (χ2v) is 9.06. The van der Waals surface area contributed by atoms with Gasteiger partial charge in [0.15, 0.2) is 5.96 Å². The van der Waals surface area contributed by atoms with Gasteiger partial charge in [0.05, 0.1) is 6.54 Å². The maximum Gasteiger partial charge on any atom is 0.242 e. The lowest BCUT2D eigenvalue weighted by molar-refractivity contribution is -0.130. The lowest BCUT2D eigenvalue weighted by Crippen LogP contribution is -2.46. The quantitative estimate of drug-likeness (QED) is 0.256. The summed E-state index contributed by atoms with van der Waals surface area (Å²) in [6.45, 7) is 1.93. The van der Waals surface area contributed by atoms with Crippen LogP contribution in [0, 0.1) is 0 Å². The zero-order valence-corrected chi connectivity index (χ0v) is 20.6. The van der Waals surface area contributed by atoms with E-state index in [9.17, 15) is 9.90 Å². The number of carbonyl (C=O) groups is 1. The topological polar surface area (TPSA) is 77.0 Å². The number of nitrogens with zero attached hydrogens (tertiary/aromatic N) is 2. The van der Waals surface area contributed by atoms with Gasteiger partial charge >= 0.3 is 0 Å². The van der Waals surface area contributed by atoms with Gasteiger partial charge in [0.25, 0.3) is 0 Å². The number of carbonyl (C=O) groups excluding carboxylic acids is 1. The van der Waals surface area contributed by atoms with Crippen molar-refractivity contribution in [2.45, 2.75) is 19.1 Å². The molecule has 9 heteroatoms. The molecule has 3 aromatic rings. The lowest BCUT2D eigenvalue weighted by Gasteiger charge is -2.27. The molecule has 3 heterocycles. The Balaban J connectivity index is 0.00000256. The van der Waals surface area contributed by atoms with E-state index in [0.717, 1.165) is 27.9 Å².